The van der Waals surface area contributed by atoms with E-state index in [0.29, 0.717) is 28.8 Å². The van der Waals surface area contributed by atoms with E-state index in [1.54, 1.807) is 43.3 Å². The first-order chi connectivity index (χ1) is 16.4. The number of hydrogen-bond donors (Lipinski definition) is 2. The molecule has 1 atom stereocenters. The van der Waals surface area contributed by atoms with Crippen LogP contribution < -0.4 is 11.1 Å². The molecule has 0 saturated carbocycles. The Morgan fingerprint density at radius 3 is 2.32 bits per heavy atom. The molecule has 0 bridgehead atoms. The van der Waals surface area contributed by atoms with Gasteiger partial charge in [0, 0.05) is 16.8 Å². The number of rotatable bonds is 8. The van der Waals surface area contributed by atoms with Crippen molar-refractivity contribution < 1.29 is 14.0 Å². The fraction of sp³-hybridized carbons (Fsp3) is 0.120. The van der Waals surface area contributed by atoms with E-state index in [9.17, 15) is 14.0 Å². The summed E-state index contributed by atoms with van der Waals surface area (Å²) in [6.07, 6.45) is 0. The minimum absolute atomic E-state index is 0.227. The molecule has 172 valence electrons. The predicted molar refractivity (Wildman–Crippen MR) is 130 cm³/mol. The molecule has 0 aliphatic heterocycles. The second kappa shape index (κ2) is 10.3. The summed E-state index contributed by atoms with van der Waals surface area (Å²) in [7, 11) is 0. The molecule has 1 unspecified atom stereocenters. The van der Waals surface area contributed by atoms with E-state index in [-0.39, 0.29) is 11.7 Å². The van der Waals surface area contributed by atoms with E-state index in [1.165, 1.54) is 23.9 Å². The number of nitrogens with two attached hydrogens (primary N) is 1. The summed E-state index contributed by atoms with van der Waals surface area (Å²) in [5, 5.41) is 11.6. The third-order valence-corrected chi connectivity index (χ3v) is 6.17. The Labute approximate surface area is 200 Å². The van der Waals surface area contributed by atoms with Gasteiger partial charge in [0.1, 0.15) is 5.82 Å². The number of carbonyl (C=O) groups is 2. The van der Waals surface area contributed by atoms with Crippen LogP contribution >= 0.6 is 11.8 Å². The van der Waals surface area contributed by atoms with E-state index in [0.717, 1.165) is 11.1 Å². The van der Waals surface area contributed by atoms with Gasteiger partial charge in [-0.1, -0.05) is 42.1 Å². The van der Waals surface area contributed by atoms with Crippen LogP contribution in [0.25, 0.3) is 11.4 Å². The Hall–Kier alpha value is -3.98. The highest BCUT2D eigenvalue weighted by Gasteiger charge is 2.21. The lowest BCUT2D eigenvalue weighted by Crippen LogP contribution is -2.23. The molecule has 4 aromatic rings. The van der Waals surface area contributed by atoms with E-state index >= 15 is 0 Å². The van der Waals surface area contributed by atoms with E-state index < -0.39 is 11.2 Å². The lowest BCUT2D eigenvalue weighted by atomic mass is 10.2. The fourth-order valence-electron chi connectivity index (χ4n) is 3.27. The van der Waals surface area contributed by atoms with Crippen LogP contribution in [0.5, 0.6) is 0 Å². The molecular weight excluding hydrogens is 453 g/mol. The van der Waals surface area contributed by atoms with Crippen LogP contribution in [0, 0.1) is 5.82 Å². The molecule has 9 heteroatoms. The Bertz CT molecular complexity index is 1290. The van der Waals surface area contributed by atoms with Crippen molar-refractivity contribution in [3.05, 3.63) is 95.8 Å². The van der Waals surface area contributed by atoms with Crippen molar-refractivity contribution >= 4 is 29.3 Å². The first-order valence-electron chi connectivity index (χ1n) is 10.5. The third-order valence-electron chi connectivity index (χ3n) is 5.09. The summed E-state index contributed by atoms with van der Waals surface area (Å²) >= 11 is 1.27. The third kappa shape index (κ3) is 5.49. The fourth-order valence-corrected chi connectivity index (χ4v) is 4.12. The summed E-state index contributed by atoms with van der Waals surface area (Å²) in [5.41, 5.74) is 7.94. The number of halogens is 1. The normalized spacial score (nSPS) is 11.7. The van der Waals surface area contributed by atoms with Crippen molar-refractivity contribution in [3.63, 3.8) is 0 Å². The number of benzene rings is 3. The maximum atomic E-state index is 13.4. The maximum absolute atomic E-state index is 13.4. The lowest BCUT2D eigenvalue weighted by Gasteiger charge is -2.14. The van der Waals surface area contributed by atoms with Crippen molar-refractivity contribution in [2.75, 3.05) is 5.32 Å². The molecule has 0 radical (unpaired) electrons. The molecule has 34 heavy (non-hydrogen) atoms. The van der Waals surface area contributed by atoms with Gasteiger partial charge in [-0.15, -0.1) is 10.2 Å². The zero-order valence-electron chi connectivity index (χ0n) is 18.3. The smallest absolute Gasteiger partial charge is 0.248 e. The number of amides is 2. The first kappa shape index (κ1) is 23.2. The van der Waals surface area contributed by atoms with Crippen LogP contribution in [0.2, 0.25) is 0 Å². The monoisotopic (exact) mass is 475 g/mol. The number of aromatic nitrogens is 3. The standard InChI is InChI=1S/C25H22FN5O2S/c1-16(24(33)28-21-13-9-18(10-14-21)22(27)32)34-25-30-29-23(19-7-11-20(26)12-8-19)31(25)15-17-5-3-2-4-6-17/h2-14,16H,15H2,1H3,(H2,27,32)(H,28,33). The van der Waals surface area contributed by atoms with Gasteiger partial charge in [-0.2, -0.15) is 0 Å². The van der Waals surface area contributed by atoms with Crippen LogP contribution in [0.4, 0.5) is 10.1 Å². The van der Waals surface area contributed by atoms with Crippen LogP contribution in [0.3, 0.4) is 0 Å². The van der Waals surface area contributed by atoms with Gasteiger partial charge in [-0.3, -0.25) is 14.2 Å². The largest absolute Gasteiger partial charge is 0.366 e. The highest BCUT2D eigenvalue weighted by molar-refractivity contribution is 8.00. The number of primary amides is 1. The lowest BCUT2D eigenvalue weighted by molar-refractivity contribution is -0.115. The maximum Gasteiger partial charge on any atom is 0.248 e. The zero-order valence-corrected chi connectivity index (χ0v) is 19.1. The molecule has 0 saturated heterocycles. The highest BCUT2D eigenvalue weighted by atomic mass is 32.2. The summed E-state index contributed by atoms with van der Waals surface area (Å²) in [4.78, 5) is 24.0. The highest BCUT2D eigenvalue weighted by Crippen LogP contribution is 2.28. The van der Waals surface area contributed by atoms with E-state index in [4.69, 9.17) is 5.73 Å². The second-order valence-corrected chi connectivity index (χ2v) is 8.88. The average molecular weight is 476 g/mol. The number of nitrogens with zero attached hydrogens (tertiary/aromatic N) is 3. The summed E-state index contributed by atoms with van der Waals surface area (Å²) in [6.45, 7) is 2.27. The van der Waals surface area contributed by atoms with Gasteiger partial charge in [0.15, 0.2) is 11.0 Å². The summed E-state index contributed by atoms with van der Waals surface area (Å²) in [5.74, 6) is -0.506. The van der Waals surface area contributed by atoms with Crippen molar-refractivity contribution in [2.45, 2.75) is 23.9 Å². The van der Waals surface area contributed by atoms with E-state index in [1.807, 2.05) is 34.9 Å². The first-order valence-corrected chi connectivity index (χ1v) is 11.4. The Morgan fingerprint density at radius 1 is 1.00 bits per heavy atom. The number of thioether (sulfide) groups is 1. The summed E-state index contributed by atoms with van der Waals surface area (Å²) < 4.78 is 15.4. The van der Waals surface area contributed by atoms with Crippen molar-refractivity contribution in [2.24, 2.45) is 5.73 Å². The molecule has 0 aliphatic carbocycles. The number of carbonyl (C=O) groups excluding carboxylic acids is 2. The molecular formula is C25H22FN5O2S. The molecule has 4 rings (SSSR count). The molecule has 1 aromatic heterocycles. The van der Waals surface area contributed by atoms with Crippen LogP contribution in [-0.4, -0.2) is 31.8 Å². The minimum atomic E-state index is -0.531. The van der Waals surface area contributed by atoms with Gasteiger partial charge in [-0.05, 0) is 61.0 Å². The SMILES string of the molecule is CC(Sc1nnc(-c2ccc(F)cc2)n1Cc1ccccc1)C(=O)Nc1ccc(C(N)=O)cc1. The molecule has 7 nitrogen and oxygen atoms in total. The minimum Gasteiger partial charge on any atom is -0.366 e. The van der Waals surface area contributed by atoms with Crippen LogP contribution in [0.15, 0.2) is 84.0 Å². The molecule has 3 aromatic carbocycles. The molecule has 0 aliphatic rings. The Morgan fingerprint density at radius 2 is 1.68 bits per heavy atom. The van der Waals surface area contributed by atoms with Crippen LogP contribution in [0.1, 0.15) is 22.8 Å². The van der Waals surface area contributed by atoms with Crippen molar-refractivity contribution in [3.8, 4) is 11.4 Å². The topological polar surface area (TPSA) is 103 Å². The molecule has 0 spiro atoms. The molecule has 2 amide bonds. The van der Waals surface area contributed by atoms with E-state index in [2.05, 4.69) is 15.5 Å². The zero-order chi connectivity index (χ0) is 24.1. The van der Waals surface area contributed by atoms with Crippen molar-refractivity contribution in [1.82, 2.24) is 14.8 Å². The Kier molecular flexibility index (Phi) is 7.03. The van der Waals surface area contributed by atoms with Gasteiger partial charge < -0.3 is 11.1 Å². The molecule has 3 N–H and O–H groups in total. The molecule has 1 heterocycles. The van der Waals surface area contributed by atoms with Gasteiger partial charge in [0.2, 0.25) is 11.8 Å². The predicted octanol–water partition coefficient (Wildman–Crippen LogP) is 4.35. The van der Waals surface area contributed by atoms with Gasteiger partial charge in [-0.25, -0.2) is 4.39 Å². The quantitative estimate of drug-likeness (QED) is 0.369. The van der Waals surface area contributed by atoms with Crippen LogP contribution in [-0.2, 0) is 11.3 Å². The van der Waals surface area contributed by atoms with Crippen molar-refractivity contribution in [1.29, 1.82) is 0 Å². The number of hydrogen-bond acceptors (Lipinski definition) is 5. The van der Waals surface area contributed by atoms with Gasteiger partial charge in [0.25, 0.3) is 0 Å². The average Bonchev–Trinajstić information content (AvgIpc) is 3.22. The number of nitrogens with one attached hydrogen (secondary N) is 1. The summed E-state index contributed by atoms with van der Waals surface area (Å²) in [6, 6.07) is 22.3. The Balaban J connectivity index is 1.55. The number of anilines is 1. The second-order valence-electron chi connectivity index (χ2n) is 7.58. The van der Waals surface area contributed by atoms with Gasteiger partial charge >= 0.3 is 0 Å². The molecule has 0 fully saturated rings. The van der Waals surface area contributed by atoms with Gasteiger partial charge in [0.05, 0.1) is 11.8 Å².